The summed E-state index contributed by atoms with van der Waals surface area (Å²) in [7, 11) is -3.86. The van der Waals surface area contributed by atoms with E-state index < -0.39 is 34.3 Å². The van der Waals surface area contributed by atoms with Crippen molar-refractivity contribution in [1.82, 2.24) is 0 Å². The molecule has 0 saturated carbocycles. The molecule has 2 unspecified atom stereocenters. The first-order valence-electron chi connectivity index (χ1n) is 4.19. The molecule has 82 valence electrons. The second kappa shape index (κ2) is 4.22. The van der Waals surface area contributed by atoms with Gasteiger partial charge in [0, 0.05) is 6.42 Å². The third-order valence-electron chi connectivity index (χ3n) is 1.64. The highest BCUT2D eigenvalue weighted by Gasteiger charge is 2.41. The number of hydrogen-bond donors (Lipinski definition) is 0. The summed E-state index contributed by atoms with van der Waals surface area (Å²) in [6.07, 6.45) is -2.68. The molecular weight excluding hydrogens is 215 g/mol. The molecule has 2 atom stereocenters. The topological polar surface area (TPSA) is 69.7 Å². The van der Waals surface area contributed by atoms with Crippen LogP contribution in [-0.2, 0) is 23.8 Å². The zero-order valence-corrected chi connectivity index (χ0v) is 8.42. The normalized spacial score (nSPS) is 30.1. The van der Waals surface area contributed by atoms with Crippen molar-refractivity contribution in [3.8, 4) is 0 Å². The van der Waals surface area contributed by atoms with E-state index >= 15 is 0 Å². The molecule has 0 aliphatic carbocycles. The largest absolute Gasteiger partial charge is 0.455 e. The first-order valence-corrected chi connectivity index (χ1v) is 5.77. The monoisotopic (exact) mass is 226 g/mol. The minimum atomic E-state index is -3.86. The van der Waals surface area contributed by atoms with Crippen molar-refractivity contribution in [3.63, 3.8) is 0 Å². The van der Waals surface area contributed by atoms with Crippen LogP contribution >= 0.6 is 0 Å². The van der Waals surface area contributed by atoms with E-state index in [0.29, 0.717) is 6.42 Å². The minimum absolute atomic E-state index is 0.142. The van der Waals surface area contributed by atoms with Crippen molar-refractivity contribution >= 4 is 16.1 Å². The van der Waals surface area contributed by atoms with Gasteiger partial charge in [-0.1, -0.05) is 6.92 Å². The van der Waals surface area contributed by atoms with Crippen LogP contribution in [0.2, 0.25) is 0 Å². The molecule has 0 spiro atoms. The molecule has 7 heteroatoms. The van der Waals surface area contributed by atoms with Crippen molar-refractivity contribution in [2.24, 2.45) is 0 Å². The molecule has 0 aromatic carbocycles. The number of carbonyl (C=O) groups is 1. The summed E-state index contributed by atoms with van der Waals surface area (Å²) >= 11 is 0. The third-order valence-corrected chi connectivity index (χ3v) is 2.85. The lowest BCUT2D eigenvalue weighted by Crippen LogP contribution is -2.26. The van der Waals surface area contributed by atoms with Gasteiger partial charge in [0.05, 0.1) is 0 Å². The Balaban J connectivity index is 2.51. The standard InChI is InChI=1S/C7H11FO5S/c1-2-3-6(9)12-5-4-14(10,11)13-7(5)8/h5,7H,2-4H2,1H3. The van der Waals surface area contributed by atoms with Crippen LogP contribution in [0.5, 0.6) is 0 Å². The van der Waals surface area contributed by atoms with Crippen LogP contribution in [0.1, 0.15) is 19.8 Å². The maximum atomic E-state index is 12.8. The van der Waals surface area contributed by atoms with Gasteiger partial charge in [-0.2, -0.15) is 8.42 Å². The van der Waals surface area contributed by atoms with Crippen LogP contribution in [-0.4, -0.2) is 32.6 Å². The maximum Gasteiger partial charge on any atom is 0.306 e. The number of alkyl halides is 1. The lowest BCUT2D eigenvalue weighted by atomic mass is 10.3. The fourth-order valence-corrected chi connectivity index (χ4v) is 2.14. The first-order chi connectivity index (χ1) is 6.44. The predicted octanol–water partition coefficient (Wildman–Crippen LogP) is 0.354. The van der Waals surface area contributed by atoms with Crippen LogP contribution < -0.4 is 0 Å². The summed E-state index contributed by atoms with van der Waals surface area (Å²) < 4.78 is 42.8. The SMILES string of the molecule is CCCC(=O)OC1CS(=O)(=O)OC1F. The summed E-state index contributed by atoms with van der Waals surface area (Å²) in [5, 5.41) is 0. The van der Waals surface area contributed by atoms with E-state index in [0.717, 1.165) is 0 Å². The second-order valence-corrected chi connectivity index (χ2v) is 4.59. The highest BCUT2D eigenvalue weighted by Crippen LogP contribution is 2.21. The smallest absolute Gasteiger partial charge is 0.306 e. The van der Waals surface area contributed by atoms with Crippen LogP contribution in [0.25, 0.3) is 0 Å². The van der Waals surface area contributed by atoms with E-state index in [9.17, 15) is 17.6 Å². The van der Waals surface area contributed by atoms with Gasteiger partial charge in [-0.15, -0.1) is 0 Å². The number of rotatable bonds is 3. The van der Waals surface area contributed by atoms with Gasteiger partial charge in [-0.3, -0.25) is 4.79 Å². The van der Waals surface area contributed by atoms with Crippen molar-refractivity contribution in [3.05, 3.63) is 0 Å². The molecule has 5 nitrogen and oxygen atoms in total. The highest BCUT2D eigenvalue weighted by molar-refractivity contribution is 7.87. The molecule has 14 heavy (non-hydrogen) atoms. The molecule has 1 saturated heterocycles. The first kappa shape index (κ1) is 11.4. The van der Waals surface area contributed by atoms with Crippen LogP contribution in [0, 0.1) is 0 Å². The van der Waals surface area contributed by atoms with E-state index in [1.807, 2.05) is 0 Å². The van der Waals surface area contributed by atoms with E-state index in [1.54, 1.807) is 6.92 Å². The van der Waals surface area contributed by atoms with Crippen molar-refractivity contribution in [2.75, 3.05) is 5.75 Å². The molecule has 0 aromatic heterocycles. The van der Waals surface area contributed by atoms with Crippen LogP contribution in [0.4, 0.5) is 4.39 Å². The Morgan fingerprint density at radius 3 is 2.71 bits per heavy atom. The molecule has 1 fully saturated rings. The molecule has 1 rings (SSSR count). The van der Waals surface area contributed by atoms with E-state index in [-0.39, 0.29) is 6.42 Å². The fourth-order valence-electron chi connectivity index (χ4n) is 1.04. The Kier molecular flexibility index (Phi) is 3.43. The molecule has 1 heterocycles. The van der Waals surface area contributed by atoms with Gasteiger partial charge in [0.25, 0.3) is 16.5 Å². The van der Waals surface area contributed by atoms with Gasteiger partial charge in [-0.25, -0.2) is 8.57 Å². The average Bonchev–Trinajstić information content (AvgIpc) is 2.25. The van der Waals surface area contributed by atoms with E-state index in [2.05, 4.69) is 8.92 Å². The summed E-state index contributed by atoms with van der Waals surface area (Å²) in [5.41, 5.74) is 0. The minimum Gasteiger partial charge on any atom is -0.455 e. The number of ether oxygens (including phenoxy) is 1. The predicted molar refractivity (Wildman–Crippen MR) is 44.6 cm³/mol. The van der Waals surface area contributed by atoms with Gasteiger partial charge < -0.3 is 4.74 Å². The van der Waals surface area contributed by atoms with Gasteiger partial charge in [-0.05, 0) is 6.42 Å². The maximum absolute atomic E-state index is 12.8. The summed E-state index contributed by atoms with van der Waals surface area (Å²) in [5.74, 6) is -1.22. The second-order valence-electron chi connectivity index (χ2n) is 2.95. The summed E-state index contributed by atoms with van der Waals surface area (Å²) in [4.78, 5) is 10.9. The number of hydrogen-bond acceptors (Lipinski definition) is 5. The Morgan fingerprint density at radius 2 is 2.29 bits per heavy atom. The Bertz CT molecular complexity index is 312. The van der Waals surface area contributed by atoms with Gasteiger partial charge >= 0.3 is 5.97 Å². The molecule has 0 aromatic rings. The Hall–Kier alpha value is -0.690. The molecule has 0 bridgehead atoms. The van der Waals surface area contributed by atoms with Gasteiger partial charge in [0.15, 0.2) is 6.10 Å². The molecule has 1 aliphatic rings. The summed E-state index contributed by atoms with van der Waals surface area (Å²) in [6, 6.07) is 0. The number of halogens is 1. The Labute approximate surface area is 81.3 Å². The Morgan fingerprint density at radius 1 is 1.64 bits per heavy atom. The fraction of sp³-hybridized carbons (Fsp3) is 0.857. The molecular formula is C7H11FO5S. The lowest BCUT2D eigenvalue weighted by Gasteiger charge is -2.10. The van der Waals surface area contributed by atoms with Gasteiger partial charge in [0.1, 0.15) is 5.75 Å². The van der Waals surface area contributed by atoms with Crippen molar-refractivity contribution in [1.29, 1.82) is 0 Å². The summed E-state index contributed by atoms with van der Waals surface area (Å²) in [6.45, 7) is 1.76. The van der Waals surface area contributed by atoms with Crippen molar-refractivity contribution < 1.29 is 26.5 Å². The third kappa shape index (κ3) is 2.91. The number of esters is 1. The average molecular weight is 226 g/mol. The molecule has 0 radical (unpaired) electrons. The zero-order chi connectivity index (χ0) is 10.8. The lowest BCUT2D eigenvalue weighted by molar-refractivity contribution is -0.155. The zero-order valence-electron chi connectivity index (χ0n) is 7.60. The van der Waals surface area contributed by atoms with Crippen molar-refractivity contribution in [2.45, 2.75) is 32.2 Å². The van der Waals surface area contributed by atoms with Crippen LogP contribution in [0.15, 0.2) is 0 Å². The highest BCUT2D eigenvalue weighted by atomic mass is 32.2. The van der Waals surface area contributed by atoms with E-state index in [4.69, 9.17) is 0 Å². The van der Waals surface area contributed by atoms with Gasteiger partial charge in [0.2, 0.25) is 0 Å². The molecule has 0 amide bonds. The molecule has 0 N–H and O–H groups in total. The van der Waals surface area contributed by atoms with E-state index in [1.165, 1.54) is 0 Å². The van der Waals surface area contributed by atoms with Crippen LogP contribution in [0.3, 0.4) is 0 Å². The molecule has 1 aliphatic heterocycles. The number of carbonyl (C=O) groups excluding carboxylic acids is 1. The quantitative estimate of drug-likeness (QED) is 0.513.